The number of fused-ring (bicyclic) bond motifs is 1. The Bertz CT molecular complexity index is 1470. The maximum Gasteiger partial charge on any atom is 0.343 e. The first kappa shape index (κ1) is 28.2. The second kappa shape index (κ2) is 12.8. The highest BCUT2D eigenvalue weighted by molar-refractivity contribution is 9.10. The lowest BCUT2D eigenvalue weighted by atomic mass is 9.95. The van der Waals surface area contributed by atoms with Gasteiger partial charge in [0.05, 0.1) is 23.9 Å². The van der Waals surface area contributed by atoms with E-state index >= 15 is 0 Å². The Hall–Kier alpha value is -3.83. The standard InChI is InChI=1S/C28H26BrN3O6S/c1-3-37-28(36)23-20-9-4-5-10-22(20)39-26(23)31-24(33)25(34)32-30-15-18-14-19(29)11-12-21(18)38-27(35)17-8-6-7-16(2)13-17/h6-8,11-15H,3-5,9-10H2,1-2H3,(H,31,33)(H,32,34)/b30-15-. The van der Waals surface area contributed by atoms with Crippen molar-refractivity contribution in [3.63, 3.8) is 0 Å². The first-order valence-electron chi connectivity index (χ1n) is 12.3. The zero-order valence-corrected chi connectivity index (χ0v) is 23.7. The fourth-order valence-corrected chi connectivity index (χ4v) is 5.74. The maximum atomic E-state index is 12.6. The summed E-state index contributed by atoms with van der Waals surface area (Å²) in [6, 6.07) is 11.9. The molecule has 0 saturated heterocycles. The quantitative estimate of drug-likeness (QED) is 0.125. The van der Waals surface area contributed by atoms with Crippen molar-refractivity contribution in [3.8, 4) is 5.75 Å². The van der Waals surface area contributed by atoms with Gasteiger partial charge in [0.25, 0.3) is 0 Å². The molecule has 9 nitrogen and oxygen atoms in total. The van der Waals surface area contributed by atoms with E-state index in [-0.39, 0.29) is 12.4 Å². The predicted octanol–water partition coefficient (Wildman–Crippen LogP) is 5.18. The van der Waals surface area contributed by atoms with Gasteiger partial charge in [-0.05, 0) is 75.4 Å². The van der Waals surface area contributed by atoms with E-state index in [1.54, 1.807) is 43.3 Å². The number of thiophene rings is 1. The van der Waals surface area contributed by atoms with Crippen LogP contribution in [-0.2, 0) is 27.2 Å². The second-order valence-corrected chi connectivity index (χ2v) is 10.8. The van der Waals surface area contributed by atoms with Gasteiger partial charge >= 0.3 is 23.8 Å². The van der Waals surface area contributed by atoms with E-state index in [2.05, 4.69) is 31.8 Å². The molecule has 3 aromatic rings. The van der Waals surface area contributed by atoms with E-state index in [0.717, 1.165) is 41.7 Å². The molecular formula is C28H26BrN3O6S. The van der Waals surface area contributed by atoms with Gasteiger partial charge in [0.1, 0.15) is 10.8 Å². The number of amides is 2. The number of ether oxygens (including phenoxy) is 2. The smallest absolute Gasteiger partial charge is 0.343 e. The molecule has 1 aromatic heterocycles. The summed E-state index contributed by atoms with van der Waals surface area (Å²) in [5, 5.41) is 6.70. The molecule has 202 valence electrons. The number of carbonyl (C=O) groups is 4. The summed E-state index contributed by atoms with van der Waals surface area (Å²) in [5.74, 6) is -2.85. The van der Waals surface area contributed by atoms with Crippen LogP contribution in [0.4, 0.5) is 5.00 Å². The van der Waals surface area contributed by atoms with Crippen LogP contribution in [0.3, 0.4) is 0 Å². The maximum absolute atomic E-state index is 12.6. The average molecular weight is 613 g/mol. The van der Waals surface area contributed by atoms with Crippen LogP contribution in [0.25, 0.3) is 0 Å². The van der Waals surface area contributed by atoms with Crippen LogP contribution in [0.2, 0.25) is 0 Å². The molecule has 2 N–H and O–H groups in total. The monoisotopic (exact) mass is 611 g/mol. The van der Waals surface area contributed by atoms with Crippen LogP contribution < -0.4 is 15.5 Å². The molecule has 0 atom stereocenters. The normalized spacial score (nSPS) is 12.5. The number of carbonyl (C=O) groups excluding carboxylic acids is 4. The zero-order chi connectivity index (χ0) is 27.9. The van der Waals surface area contributed by atoms with Crippen LogP contribution in [0, 0.1) is 6.92 Å². The second-order valence-electron chi connectivity index (χ2n) is 8.73. The fourth-order valence-electron chi connectivity index (χ4n) is 4.09. The Morgan fingerprint density at radius 1 is 1.05 bits per heavy atom. The van der Waals surface area contributed by atoms with Crippen molar-refractivity contribution in [2.24, 2.45) is 5.10 Å². The van der Waals surface area contributed by atoms with Crippen LogP contribution in [-0.4, -0.2) is 36.6 Å². The van der Waals surface area contributed by atoms with E-state index in [1.165, 1.54) is 17.6 Å². The van der Waals surface area contributed by atoms with E-state index in [1.807, 2.05) is 13.0 Å². The summed E-state index contributed by atoms with van der Waals surface area (Å²) in [4.78, 5) is 51.3. The molecule has 11 heteroatoms. The van der Waals surface area contributed by atoms with Gasteiger partial charge in [-0.1, -0.05) is 33.6 Å². The van der Waals surface area contributed by atoms with E-state index in [9.17, 15) is 19.2 Å². The van der Waals surface area contributed by atoms with Crippen LogP contribution in [0.5, 0.6) is 5.75 Å². The minimum Gasteiger partial charge on any atom is -0.462 e. The molecule has 0 spiro atoms. The molecule has 4 rings (SSSR count). The molecule has 0 saturated carbocycles. The summed E-state index contributed by atoms with van der Waals surface area (Å²) in [6.45, 7) is 3.78. The summed E-state index contributed by atoms with van der Waals surface area (Å²) < 4.78 is 11.4. The van der Waals surface area contributed by atoms with Gasteiger partial charge in [0.15, 0.2) is 0 Å². The van der Waals surface area contributed by atoms with Crippen molar-refractivity contribution in [2.45, 2.75) is 39.5 Å². The number of nitrogens with one attached hydrogen (secondary N) is 2. The molecule has 0 fully saturated rings. The Labute approximate surface area is 237 Å². The summed E-state index contributed by atoms with van der Waals surface area (Å²) in [5.41, 5.74) is 5.07. The van der Waals surface area contributed by atoms with Gasteiger partial charge in [-0.25, -0.2) is 15.0 Å². The van der Waals surface area contributed by atoms with Gasteiger partial charge in [0, 0.05) is 14.9 Å². The number of rotatable bonds is 7. The number of anilines is 1. The summed E-state index contributed by atoms with van der Waals surface area (Å²) >= 11 is 4.65. The van der Waals surface area contributed by atoms with E-state index < -0.39 is 23.8 Å². The highest BCUT2D eigenvalue weighted by atomic mass is 79.9. The number of halogens is 1. The van der Waals surface area contributed by atoms with Gasteiger partial charge in [-0.2, -0.15) is 5.10 Å². The molecule has 0 unspecified atom stereocenters. The fraction of sp³-hybridized carbons (Fsp3) is 0.250. The largest absolute Gasteiger partial charge is 0.462 e. The minimum absolute atomic E-state index is 0.198. The van der Waals surface area contributed by atoms with Crippen molar-refractivity contribution in [1.29, 1.82) is 0 Å². The van der Waals surface area contributed by atoms with Crippen molar-refractivity contribution in [3.05, 3.63) is 79.6 Å². The third-order valence-electron chi connectivity index (χ3n) is 5.88. The third kappa shape index (κ3) is 6.98. The number of esters is 2. The molecule has 0 radical (unpaired) electrons. The first-order valence-corrected chi connectivity index (χ1v) is 13.9. The topological polar surface area (TPSA) is 123 Å². The van der Waals surface area contributed by atoms with E-state index in [0.29, 0.717) is 26.2 Å². The van der Waals surface area contributed by atoms with Crippen molar-refractivity contribution < 1.29 is 28.7 Å². The van der Waals surface area contributed by atoms with Gasteiger partial charge in [0.2, 0.25) is 0 Å². The molecule has 1 heterocycles. The van der Waals surface area contributed by atoms with Gasteiger partial charge in [-0.15, -0.1) is 11.3 Å². The molecule has 0 bridgehead atoms. The molecule has 2 amide bonds. The third-order valence-corrected chi connectivity index (χ3v) is 7.58. The summed E-state index contributed by atoms with van der Waals surface area (Å²) in [7, 11) is 0. The van der Waals surface area contributed by atoms with Crippen molar-refractivity contribution >= 4 is 62.2 Å². The molecule has 1 aliphatic carbocycles. The zero-order valence-electron chi connectivity index (χ0n) is 21.3. The highest BCUT2D eigenvalue weighted by Gasteiger charge is 2.28. The number of hydrogen-bond acceptors (Lipinski definition) is 8. The van der Waals surface area contributed by atoms with Crippen LogP contribution in [0.15, 0.2) is 52.0 Å². The van der Waals surface area contributed by atoms with Gasteiger partial charge < -0.3 is 14.8 Å². The number of nitrogens with zero attached hydrogens (tertiary/aromatic N) is 1. The average Bonchev–Trinajstić information content (AvgIpc) is 3.28. The Morgan fingerprint density at radius 2 is 1.85 bits per heavy atom. The highest BCUT2D eigenvalue weighted by Crippen LogP contribution is 2.38. The number of hydrogen-bond donors (Lipinski definition) is 2. The van der Waals surface area contributed by atoms with Crippen LogP contribution in [0.1, 0.15) is 62.0 Å². The molecule has 2 aromatic carbocycles. The number of benzene rings is 2. The molecule has 0 aliphatic heterocycles. The number of aryl methyl sites for hydroxylation is 2. The van der Waals surface area contributed by atoms with Crippen molar-refractivity contribution in [1.82, 2.24) is 5.43 Å². The predicted molar refractivity (Wildman–Crippen MR) is 152 cm³/mol. The first-order chi connectivity index (χ1) is 18.8. The molecule has 39 heavy (non-hydrogen) atoms. The number of hydrazone groups is 1. The lowest BCUT2D eigenvalue weighted by molar-refractivity contribution is -0.136. The molecular weight excluding hydrogens is 586 g/mol. The van der Waals surface area contributed by atoms with Gasteiger partial charge in [-0.3, -0.25) is 9.59 Å². The Morgan fingerprint density at radius 3 is 2.62 bits per heavy atom. The van der Waals surface area contributed by atoms with Crippen LogP contribution >= 0.6 is 27.3 Å². The minimum atomic E-state index is -1.03. The Balaban J connectivity index is 1.45. The lowest BCUT2D eigenvalue weighted by Gasteiger charge is -2.12. The Kier molecular flexibility index (Phi) is 9.26. The lowest BCUT2D eigenvalue weighted by Crippen LogP contribution is -2.32. The SMILES string of the molecule is CCOC(=O)c1c(NC(=O)C(=O)N/N=C\c2cc(Br)ccc2OC(=O)c2cccc(C)c2)sc2c1CCCC2. The molecule has 1 aliphatic rings. The van der Waals surface area contributed by atoms with E-state index in [4.69, 9.17) is 9.47 Å². The summed E-state index contributed by atoms with van der Waals surface area (Å²) in [6.07, 6.45) is 4.73. The van der Waals surface area contributed by atoms with Crippen molar-refractivity contribution in [2.75, 3.05) is 11.9 Å².